The first-order chi connectivity index (χ1) is 8.77. The lowest BCUT2D eigenvalue weighted by Crippen LogP contribution is -2.02. The fourth-order valence-electron chi connectivity index (χ4n) is 1.79. The molecule has 0 radical (unpaired) electrons. The number of unbranched alkanes of at least 4 members (excludes halogenated alkanes) is 1. The molecule has 1 rings (SSSR count). The van der Waals surface area contributed by atoms with Gasteiger partial charge in [0.1, 0.15) is 11.8 Å². The number of alkyl halides is 1. The van der Waals surface area contributed by atoms with Crippen LogP contribution in [-0.2, 0) is 0 Å². The van der Waals surface area contributed by atoms with Gasteiger partial charge in [-0.05, 0) is 37.8 Å². The molecule has 1 aromatic carbocycles. The van der Waals surface area contributed by atoms with Gasteiger partial charge in [0, 0.05) is 4.83 Å². The third-order valence-corrected chi connectivity index (χ3v) is 3.69. The van der Waals surface area contributed by atoms with Gasteiger partial charge >= 0.3 is 0 Å². The predicted octanol–water partition coefficient (Wildman–Crippen LogP) is 4.67. The largest absolute Gasteiger partial charge is 0.492 e. The van der Waals surface area contributed by atoms with Crippen molar-refractivity contribution in [1.82, 2.24) is 0 Å². The van der Waals surface area contributed by atoms with E-state index in [9.17, 15) is 0 Å². The van der Waals surface area contributed by atoms with E-state index in [0.717, 1.165) is 12.8 Å². The first-order valence-corrected chi connectivity index (χ1v) is 7.45. The van der Waals surface area contributed by atoms with Crippen LogP contribution in [0, 0.1) is 11.3 Å². The molecule has 0 amide bonds. The number of halogens is 1. The standard InChI is InChI=1S/C15H20BrNO/c1-2-7-14(16)9-5-6-11-18-15-10-4-3-8-13(15)12-17/h3-4,8,10,14H,2,5-7,9,11H2,1H3. The second-order valence-corrected chi connectivity index (χ2v) is 5.63. The summed E-state index contributed by atoms with van der Waals surface area (Å²) in [4.78, 5) is 0.633. The Kier molecular flexibility index (Phi) is 7.52. The first-order valence-electron chi connectivity index (χ1n) is 6.54. The van der Waals surface area contributed by atoms with Crippen LogP contribution in [0.2, 0.25) is 0 Å². The zero-order valence-corrected chi connectivity index (χ0v) is 12.4. The SMILES string of the molecule is CCCC(Br)CCCCOc1ccccc1C#N. The van der Waals surface area contributed by atoms with Gasteiger partial charge in [-0.15, -0.1) is 0 Å². The fourth-order valence-corrected chi connectivity index (χ4v) is 2.57. The Labute approximate surface area is 118 Å². The van der Waals surface area contributed by atoms with E-state index in [4.69, 9.17) is 10.00 Å². The quantitative estimate of drug-likeness (QED) is 0.516. The van der Waals surface area contributed by atoms with Crippen LogP contribution in [0.15, 0.2) is 24.3 Å². The summed E-state index contributed by atoms with van der Waals surface area (Å²) in [5.41, 5.74) is 0.613. The normalized spacial score (nSPS) is 11.8. The van der Waals surface area contributed by atoms with Crippen LogP contribution in [0.5, 0.6) is 5.75 Å². The van der Waals surface area contributed by atoms with Crippen LogP contribution in [0.3, 0.4) is 0 Å². The Morgan fingerprint density at radius 2 is 2.06 bits per heavy atom. The summed E-state index contributed by atoms with van der Waals surface area (Å²) in [5.74, 6) is 0.698. The second kappa shape index (κ2) is 8.99. The summed E-state index contributed by atoms with van der Waals surface area (Å²) in [6, 6.07) is 9.52. The maximum Gasteiger partial charge on any atom is 0.137 e. The van der Waals surface area contributed by atoms with Crippen molar-refractivity contribution in [3.05, 3.63) is 29.8 Å². The van der Waals surface area contributed by atoms with Gasteiger partial charge in [0.05, 0.1) is 12.2 Å². The molecule has 1 atom stereocenters. The maximum atomic E-state index is 8.92. The highest BCUT2D eigenvalue weighted by molar-refractivity contribution is 9.09. The number of benzene rings is 1. The van der Waals surface area contributed by atoms with Crippen molar-refractivity contribution in [2.24, 2.45) is 0 Å². The maximum absolute atomic E-state index is 8.92. The summed E-state index contributed by atoms with van der Waals surface area (Å²) in [6.45, 7) is 2.89. The molecule has 1 unspecified atom stereocenters. The zero-order valence-electron chi connectivity index (χ0n) is 10.9. The van der Waals surface area contributed by atoms with E-state index >= 15 is 0 Å². The van der Waals surface area contributed by atoms with Crippen LogP contribution >= 0.6 is 15.9 Å². The van der Waals surface area contributed by atoms with Crippen molar-refractivity contribution in [3.63, 3.8) is 0 Å². The van der Waals surface area contributed by atoms with Gasteiger partial charge in [0.25, 0.3) is 0 Å². The molecule has 3 heteroatoms. The summed E-state index contributed by atoms with van der Waals surface area (Å²) in [7, 11) is 0. The minimum Gasteiger partial charge on any atom is -0.492 e. The molecule has 0 N–H and O–H groups in total. The highest BCUT2D eigenvalue weighted by Crippen LogP contribution is 2.18. The number of nitriles is 1. The van der Waals surface area contributed by atoms with Gasteiger partial charge in [-0.25, -0.2) is 0 Å². The van der Waals surface area contributed by atoms with Crippen molar-refractivity contribution in [2.75, 3.05) is 6.61 Å². The third-order valence-electron chi connectivity index (χ3n) is 2.78. The molecular formula is C15H20BrNO. The van der Waals surface area contributed by atoms with Crippen LogP contribution in [0.1, 0.15) is 44.6 Å². The smallest absolute Gasteiger partial charge is 0.137 e. The molecule has 18 heavy (non-hydrogen) atoms. The first kappa shape index (κ1) is 15.0. The molecule has 0 saturated carbocycles. The molecule has 0 aliphatic heterocycles. The average molecular weight is 310 g/mol. The molecule has 0 fully saturated rings. The Hall–Kier alpha value is -1.01. The fraction of sp³-hybridized carbons (Fsp3) is 0.533. The molecule has 0 aliphatic carbocycles. The second-order valence-electron chi connectivity index (χ2n) is 4.34. The molecule has 0 aliphatic rings. The van der Waals surface area contributed by atoms with Crippen molar-refractivity contribution < 1.29 is 4.74 Å². The van der Waals surface area contributed by atoms with Crippen molar-refractivity contribution in [3.8, 4) is 11.8 Å². The third kappa shape index (κ3) is 5.55. The van der Waals surface area contributed by atoms with E-state index in [1.54, 1.807) is 6.07 Å². The van der Waals surface area contributed by atoms with Gasteiger partial charge in [-0.1, -0.05) is 41.4 Å². The summed E-state index contributed by atoms with van der Waals surface area (Å²) in [6.07, 6.45) is 5.84. The van der Waals surface area contributed by atoms with Crippen LogP contribution in [0.4, 0.5) is 0 Å². The molecule has 98 valence electrons. The van der Waals surface area contributed by atoms with Gasteiger partial charge < -0.3 is 4.74 Å². The van der Waals surface area contributed by atoms with Crippen molar-refractivity contribution >= 4 is 15.9 Å². The van der Waals surface area contributed by atoms with Gasteiger partial charge in [-0.2, -0.15) is 5.26 Å². The summed E-state index contributed by atoms with van der Waals surface area (Å²) < 4.78 is 5.63. The molecule has 1 aromatic rings. The van der Waals surface area contributed by atoms with E-state index in [-0.39, 0.29) is 0 Å². The number of hydrogen-bond donors (Lipinski definition) is 0. The Balaban J connectivity index is 2.20. The van der Waals surface area contributed by atoms with Gasteiger partial charge in [-0.3, -0.25) is 0 Å². The van der Waals surface area contributed by atoms with Crippen LogP contribution < -0.4 is 4.74 Å². The zero-order chi connectivity index (χ0) is 13.2. The van der Waals surface area contributed by atoms with Gasteiger partial charge in [0.15, 0.2) is 0 Å². The molecule has 0 saturated heterocycles. The number of rotatable bonds is 8. The Morgan fingerprint density at radius 1 is 1.28 bits per heavy atom. The average Bonchev–Trinajstić information content (AvgIpc) is 2.39. The lowest BCUT2D eigenvalue weighted by atomic mass is 10.1. The van der Waals surface area contributed by atoms with E-state index < -0.39 is 0 Å². The highest BCUT2D eigenvalue weighted by atomic mass is 79.9. The lowest BCUT2D eigenvalue weighted by Gasteiger charge is -2.09. The van der Waals surface area contributed by atoms with E-state index in [2.05, 4.69) is 28.9 Å². The molecular weight excluding hydrogens is 290 g/mol. The lowest BCUT2D eigenvalue weighted by molar-refractivity contribution is 0.304. The number of nitrogens with zero attached hydrogens (tertiary/aromatic N) is 1. The summed E-state index contributed by atoms with van der Waals surface area (Å²) >= 11 is 3.67. The van der Waals surface area contributed by atoms with Crippen LogP contribution in [-0.4, -0.2) is 11.4 Å². The van der Waals surface area contributed by atoms with E-state index in [1.807, 2.05) is 18.2 Å². The number of ether oxygens (including phenoxy) is 1. The van der Waals surface area contributed by atoms with E-state index in [0.29, 0.717) is 22.7 Å². The predicted molar refractivity (Wildman–Crippen MR) is 78.1 cm³/mol. The molecule has 0 heterocycles. The van der Waals surface area contributed by atoms with Crippen LogP contribution in [0.25, 0.3) is 0 Å². The Morgan fingerprint density at radius 3 is 2.78 bits per heavy atom. The Bertz CT molecular complexity index is 386. The number of para-hydroxylation sites is 1. The molecule has 0 bridgehead atoms. The highest BCUT2D eigenvalue weighted by Gasteiger charge is 2.03. The molecule has 2 nitrogen and oxygen atoms in total. The van der Waals surface area contributed by atoms with Crippen molar-refractivity contribution in [1.29, 1.82) is 5.26 Å². The van der Waals surface area contributed by atoms with E-state index in [1.165, 1.54) is 19.3 Å². The molecule has 0 spiro atoms. The minimum absolute atomic E-state index is 0.613. The van der Waals surface area contributed by atoms with Crippen molar-refractivity contribution in [2.45, 2.75) is 43.9 Å². The minimum atomic E-state index is 0.613. The molecule has 0 aromatic heterocycles. The monoisotopic (exact) mass is 309 g/mol. The summed E-state index contributed by atoms with van der Waals surface area (Å²) in [5, 5.41) is 8.92. The topological polar surface area (TPSA) is 33.0 Å². The number of hydrogen-bond acceptors (Lipinski definition) is 2. The van der Waals surface area contributed by atoms with Gasteiger partial charge in [0.2, 0.25) is 0 Å².